The van der Waals surface area contributed by atoms with Crippen LogP contribution in [0.1, 0.15) is 58.3 Å². The Morgan fingerprint density at radius 2 is 1.86 bits per heavy atom. The van der Waals surface area contributed by atoms with Crippen molar-refractivity contribution in [3.63, 3.8) is 0 Å². The first-order chi connectivity index (χ1) is 10.2. The molecule has 122 valence electrons. The number of unbranched alkanes of at least 4 members (excludes halogenated alkanes) is 3. The van der Waals surface area contributed by atoms with Crippen molar-refractivity contribution >= 4 is 5.97 Å². The predicted molar refractivity (Wildman–Crippen MR) is 85.3 cm³/mol. The van der Waals surface area contributed by atoms with Crippen LogP contribution in [-0.2, 0) is 9.53 Å². The van der Waals surface area contributed by atoms with Crippen molar-refractivity contribution in [3.8, 4) is 0 Å². The highest BCUT2D eigenvalue weighted by molar-refractivity contribution is 5.76. The summed E-state index contributed by atoms with van der Waals surface area (Å²) in [5.74, 6) is 0.0305. The molecule has 2 aliphatic heterocycles. The Labute approximate surface area is 129 Å². The van der Waals surface area contributed by atoms with Gasteiger partial charge in [0.25, 0.3) is 0 Å². The molecule has 0 aliphatic carbocycles. The molecule has 0 amide bonds. The zero-order valence-electron chi connectivity index (χ0n) is 13.9. The summed E-state index contributed by atoms with van der Waals surface area (Å²) in [6.45, 7) is 6.18. The highest BCUT2D eigenvalue weighted by Gasteiger charge is 2.37. The van der Waals surface area contributed by atoms with Crippen LogP contribution in [0.2, 0.25) is 0 Å². The molecule has 0 aromatic carbocycles. The molecule has 21 heavy (non-hydrogen) atoms. The van der Waals surface area contributed by atoms with Gasteiger partial charge in [0, 0.05) is 6.04 Å². The van der Waals surface area contributed by atoms with E-state index in [1.165, 1.54) is 32.1 Å². The lowest BCUT2D eigenvalue weighted by Crippen LogP contribution is -2.48. The summed E-state index contributed by atoms with van der Waals surface area (Å²) in [5, 5.41) is 0. The van der Waals surface area contributed by atoms with Crippen molar-refractivity contribution in [2.75, 3.05) is 33.3 Å². The van der Waals surface area contributed by atoms with E-state index in [0.717, 1.165) is 38.9 Å². The molecular weight excluding hydrogens is 264 g/mol. The van der Waals surface area contributed by atoms with Gasteiger partial charge < -0.3 is 9.64 Å². The van der Waals surface area contributed by atoms with Crippen molar-refractivity contribution in [1.82, 2.24) is 9.80 Å². The van der Waals surface area contributed by atoms with Gasteiger partial charge in [0.05, 0.1) is 6.61 Å². The molecule has 0 spiro atoms. The summed E-state index contributed by atoms with van der Waals surface area (Å²) in [7, 11) is 2.18. The number of carbonyl (C=O) groups excluding carboxylic acids is 1. The minimum absolute atomic E-state index is 0.0305. The second-order valence-electron chi connectivity index (χ2n) is 6.66. The van der Waals surface area contributed by atoms with Gasteiger partial charge in [-0.3, -0.25) is 9.69 Å². The topological polar surface area (TPSA) is 32.8 Å². The number of piperidine rings is 1. The van der Waals surface area contributed by atoms with Crippen molar-refractivity contribution in [1.29, 1.82) is 0 Å². The number of rotatable bonds is 7. The van der Waals surface area contributed by atoms with Crippen LogP contribution < -0.4 is 0 Å². The van der Waals surface area contributed by atoms with Gasteiger partial charge in [-0.2, -0.15) is 0 Å². The standard InChI is InChI=1S/C17H32N2O2/c1-3-4-5-6-14-21-17(20)16-8-7-11-19(16)15-9-12-18(2)13-10-15/h15-16H,3-14H2,1-2H3. The molecule has 0 bridgehead atoms. The molecule has 2 rings (SSSR count). The molecule has 4 heteroatoms. The van der Waals surface area contributed by atoms with Crippen molar-refractivity contribution in [2.45, 2.75) is 70.4 Å². The molecule has 0 aromatic rings. The maximum absolute atomic E-state index is 12.3. The molecule has 2 saturated heterocycles. The largest absolute Gasteiger partial charge is 0.465 e. The molecule has 2 heterocycles. The van der Waals surface area contributed by atoms with Gasteiger partial charge in [-0.1, -0.05) is 26.2 Å². The molecule has 0 radical (unpaired) electrons. The molecule has 0 aromatic heterocycles. The Kier molecular flexibility index (Phi) is 6.97. The molecule has 4 nitrogen and oxygen atoms in total. The maximum Gasteiger partial charge on any atom is 0.323 e. The second-order valence-corrected chi connectivity index (χ2v) is 6.66. The lowest BCUT2D eigenvalue weighted by atomic mass is 10.0. The van der Waals surface area contributed by atoms with Gasteiger partial charge in [0.15, 0.2) is 0 Å². The van der Waals surface area contributed by atoms with Crippen molar-refractivity contribution in [3.05, 3.63) is 0 Å². The monoisotopic (exact) mass is 296 g/mol. The minimum atomic E-state index is 0.0305. The molecule has 0 N–H and O–H groups in total. The van der Waals surface area contributed by atoms with Crippen LogP contribution in [-0.4, -0.2) is 61.1 Å². The van der Waals surface area contributed by atoms with Gasteiger partial charge in [-0.05, 0) is 58.8 Å². The fraction of sp³-hybridized carbons (Fsp3) is 0.941. The molecule has 1 unspecified atom stereocenters. The number of hydrogen-bond donors (Lipinski definition) is 0. The third kappa shape index (κ3) is 4.96. The van der Waals surface area contributed by atoms with Crippen LogP contribution >= 0.6 is 0 Å². The fourth-order valence-corrected chi connectivity index (χ4v) is 3.60. The van der Waals surface area contributed by atoms with Crippen LogP contribution in [0.3, 0.4) is 0 Å². The summed E-state index contributed by atoms with van der Waals surface area (Å²) in [6.07, 6.45) is 9.16. The van der Waals surface area contributed by atoms with E-state index in [1.807, 2.05) is 0 Å². The van der Waals surface area contributed by atoms with E-state index in [2.05, 4.69) is 23.8 Å². The quantitative estimate of drug-likeness (QED) is 0.534. The third-order valence-electron chi connectivity index (χ3n) is 4.97. The van der Waals surface area contributed by atoms with Gasteiger partial charge >= 0.3 is 5.97 Å². The van der Waals surface area contributed by atoms with E-state index < -0.39 is 0 Å². The van der Waals surface area contributed by atoms with E-state index in [9.17, 15) is 4.79 Å². The number of nitrogens with zero attached hydrogens (tertiary/aromatic N) is 2. The average Bonchev–Trinajstić information content (AvgIpc) is 2.97. The van der Waals surface area contributed by atoms with Crippen LogP contribution in [0.4, 0.5) is 0 Å². The van der Waals surface area contributed by atoms with E-state index in [-0.39, 0.29) is 12.0 Å². The lowest BCUT2D eigenvalue weighted by molar-refractivity contribution is -0.150. The SMILES string of the molecule is CCCCCCOC(=O)C1CCCN1C1CCN(C)CC1. The second kappa shape index (κ2) is 8.74. The average molecular weight is 296 g/mol. The molecule has 1 atom stereocenters. The first-order valence-electron chi connectivity index (χ1n) is 8.83. The number of esters is 1. The zero-order valence-corrected chi connectivity index (χ0v) is 13.9. The van der Waals surface area contributed by atoms with Gasteiger partial charge in [0.1, 0.15) is 6.04 Å². The van der Waals surface area contributed by atoms with E-state index in [1.54, 1.807) is 0 Å². The van der Waals surface area contributed by atoms with E-state index in [0.29, 0.717) is 12.6 Å². The highest BCUT2D eigenvalue weighted by Crippen LogP contribution is 2.26. The summed E-state index contributed by atoms with van der Waals surface area (Å²) < 4.78 is 5.52. The number of ether oxygens (including phenoxy) is 1. The Hall–Kier alpha value is -0.610. The van der Waals surface area contributed by atoms with Crippen LogP contribution in [0.15, 0.2) is 0 Å². The first-order valence-corrected chi connectivity index (χ1v) is 8.83. The van der Waals surface area contributed by atoms with Crippen LogP contribution in [0, 0.1) is 0 Å². The Balaban J connectivity index is 1.74. The number of carbonyl (C=O) groups is 1. The van der Waals surface area contributed by atoms with E-state index >= 15 is 0 Å². The Bertz CT molecular complexity index is 314. The Morgan fingerprint density at radius 1 is 1.10 bits per heavy atom. The summed E-state index contributed by atoms with van der Waals surface area (Å²) >= 11 is 0. The maximum atomic E-state index is 12.3. The summed E-state index contributed by atoms with van der Waals surface area (Å²) in [6, 6.07) is 0.617. The number of hydrogen-bond acceptors (Lipinski definition) is 4. The first kappa shape index (κ1) is 16.8. The highest BCUT2D eigenvalue weighted by atomic mass is 16.5. The summed E-state index contributed by atoms with van der Waals surface area (Å²) in [5.41, 5.74) is 0. The zero-order chi connectivity index (χ0) is 15.1. The normalized spacial score (nSPS) is 25.3. The number of likely N-dealkylation sites (tertiary alicyclic amines) is 2. The van der Waals surface area contributed by atoms with Crippen LogP contribution in [0.5, 0.6) is 0 Å². The lowest BCUT2D eigenvalue weighted by Gasteiger charge is -2.37. The molecular formula is C17H32N2O2. The molecule has 0 saturated carbocycles. The molecule has 2 aliphatic rings. The summed E-state index contributed by atoms with van der Waals surface area (Å²) in [4.78, 5) is 17.1. The smallest absolute Gasteiger partial charge is 0.323 e. The fourth-order valence-electron chi connectivity index (χ4n) is 3.60. The molecule has 2 fully saturated rings. The van der Waals surface area contributed by atoms with Gasteiger partial charge in [-0.25, -0.2) is 0 Å². The third-order valence-corrected chi connectivity index (χ3v) is 4.97. The Morgan fingerprint density at radius 3 is 2.57 bits per heavy atom. The van der Waals surface area contributed by atoms with E-state index in [4.69, 9.17) is 4.74 Å². The van der Waals surface area contributed by atoms with Crippen molar-refractivity contribution < 1.29 is 9.53 Å². The van der Waals surface area contributed by atoms with Gasteiger partial charge in [0.2, 0.25) is 0 Å². The van der Waals surface area contributed by atoms with Crippen LogP contribution in [0.25, 0.3) is 0 Å². The van der Waals surface area contributed by atoms with Crippen molar-refractivity contribution in [2.24, 2.45) is 0 Å². The minimum Gasteiger partial charge on any atom is -0.465 e. The van der Waals surface area contributed by atoms with Gasteiger partial charge in [-0.15, -0.1) is 0 Å². The predicted octanol–water partition coefficient (Wildman–Crippen LogP) is 2.67.